The Bertz CT molecular complexity index is 230. The molecule has 1 aliphatic rings. The van der Waals surface area contributed by atoms with Gasteiger partial charge in [-0.15, -0.1) is 0 Å². The van der Waals surface area contributed by atoms with Crippen LogP contribution < -0.4 is 5.73 Å². The second-order valence-corrected chi connectivity index (χ2v) is 3.46. The van der Waals surface area contributed by atoms with E-state index < -0.39 is 0 Å². The van der Waals surface area contributed by atoms with Crippen LogP contribution in [-0.4, -0.2) is 0 Å². The van der Waals surface area contributed by atoms with Gasteiger partial charge in [-0.25, -0.2) is 0 Å². The van der Waals surface area contributed by atoms with Crippen molar-refractivity contribution in [3.8, 4) is 0 Å². The van der Waals surface area contributed by atoms with Crippen LogP contribution in [0.1, 0.15) is 24.9 Å². The summed E-state index contributed by atoms with van der Waals surface area (Å²) in [5, 5.41) is 0. The highest BCUT2D eigenvalue weighted by Crippen LogP contribution is 2.45. The van der Waals surface area contributed by atoms with E-state index in [2.05, 4.69) is 6.92 Å². The molecule has 1 saturated carbocycles. The highest BCUT2D eigenvalue weighted by Gasteiger charge is 2.38. The van der Waals surface area contributed by atoms with E-state index in [-0.39, 0.29) is 6.04 Å². The first-order chi connectivity index (χ1) is 5.29. The normalized spacial score (nSPS) is 31.8. The largest absolute Gasteiger partial charge is 0.472 e. The lowest BCUT2D eigenvalue weighted by Gasteiger charge is -2.06. The topological polar surface area (TPSA) is 39.2 Å². The number of hydrogen-bond acceptors (Lipinski definition) is 2. The van der Waals surface area contributed by atoms with Crippen molar-refractivity contribution in [1.82, 2.24) is 0 Å². The smallest absolute Gasteiger partial charge is 0.0950 e. The van der Waals surface area contributed by atoms with Gasteiger partial charge in [0.25, 0.3) is 0 Å². The highest BCUT2D eigenvalue weighted by atomic mass is 16.3. The minimum Gasteiger partial charge on any atom is -0.472 e. The number of hydrogen-bond donors (Lipinski definition) is 1. The molecule has 0 bridgehead atoms. The molecule has 2 nitrogen and oxygen atoms in total. The maximum absolute atomic E-state index is 5.98. The summed E-state index contributed by atoms with van der Waals surface area (Å²) in [6.45, 7) is 2.24. The Labute approximate surface area is 66.4 Å². The molecule has 1 aromatic rings. The van der Waals surface area contributed by atoms with E-state index >= 15 is 0 Å². The quantitative estimate of drug-likeness (QED) is 0.701. The van der Waals surface area contributed by atoms with Gasteiger partial charge in [0, 0.05) is 11.6 Å². The first-order valence-electron chi connectivity index (χ1n) is 4.06. The summed E-state index contributed by atoms with van der Waals surface area (Å²) in [5.74, 6) is 1.49. The minimum absolute atomic E-state index is 0.198. The van der Waals surface area contributed by atoms with Gasteiger partial charge >= 0.3 is 0 Å². The van der Waals surface area contributed by atoms with E-state index in [1.54, 1.807) is 12.5 Å². The van der Waals surface area contributed by atoms with E-state index in [9.17, 15) is 0 Å². The Kier molecular flexibility index (Phi) is 1.50. The summed E-state index contributed by atoms with van der Waals surface area (Å²) in [6.07, 6.45) is 4.70. The zero-order chi connectivity index (χ0) is 7.84. The third kappa shape index (κ3) is 1.18. The summed E-state index contributed by atoms with van der Waals surface area (Å²) in [7, 11) is 0. The summed E-state index contributed by atoms with van der Waals surface area (Å²) < 4.78 is 4.97. The fourth-order valence-electron chi connectivity index (χ4n) is 1.56. The van der Waals surface area contributed by atoms with Gasteiger partial charge in [0.05, 0.1) is 12.5 Å². The molecular formula is C9H13NO. The molecule has 0 amide bonds. The van der Waals surface area contributed by atoms with E-state index in [1.165, 1.54) is 6.42 Å². The van der Waals surface area contributed by atoms with Crippen molar-refractivity contribution in [2.24, 2.45) is 17.6 Å². The third-order valence-corrected chi connectivity index (χ3v) is 2.56. The minimum atomic E-state index is 0.198. The zero-order valence-electron chi connectivity index (χ0n) is 6.66. The standard InChI is InChI=1S/C9H13NO/c1-6-4-8(6)9(10)7-2-3-11-5-7/h2-3,5-6,8-9H,4,10H2,1H3. The van der Waals surface area contributed by atoms with Crippen LogP contribution in [0.2, 0.25) is 0 Å². The Morgan fingerprint density at radius 3 is 2.91 bits per heavy atom. The maximum atomic E-state index is 5.98. The van der Waals surface area contributed by atoms with Crippen LogP contribution in [0.3, 0.4) is 0 Å². The number of furan rings is 1. The van der Waals surface area contributed by atoms with Gasteiger partial charge < -0.3 is 10.2 Å². The molecule has 1 heterocycles. The van der Waals surface area contributed by atoms with Crippen LogP contribution in [-0.2, 0) is 0 Å². The monoisotopic (exact) mass is 151 g/mol. The van der Waals surface area contributed by atoms with Gasteiger partial charge in [-0.2, -0.15) is 0 Å². The predicted molar refractivity (Wildman–Crippen MR) is 42.9 cm³/mol. The van der Waals surface area contributed by atoms with Crippen molar-refractivity contribution in [1.29, 1.82) is 0 Å². The number of rotatable bonds is 2. The van der Waals surface area contributed by atoms with Gasteiger partial charge in [-0.1, -0.05) is 6.92 Å². The lowest BCUT2D eigenvalue weighted by atomic mass is 10.1. The van der Waals surface area contributed by atoms with Gasteiger partial charge in [0.2, 0.25) is 0 Å². The van der Waals surface area contributed by atoms with Gasteiger partial charge in [0.1, 0.15) is 0 Å². The SMILES string of the molecule is CC1CC1C(N)c1ccoc1. The maximum Gasteiger partial charge on any atom is 0.0950 e. The van der Waals surface area contributed by atoms with Crippen LogP contribution in [0.4, 0.5) is 0 Å². The van der Waals surface area contributed by atoms with Crippen molar-refractivity contribution in [3.05, 3.63) is 24.2 Å². The molecule has 11 heavy (non-hydrogen) atoms. The molecule has 0 saturated heterocycles. The van der Waals surface area contributed by atoms with Crippen LogP contribution in [0.15, 0.2) is 23.0 Å². The summed E-state index contributed by atoms with van der Waals surface area (Å²) in [5.41, 5.74) is 7.11. The van der Waals surface area contributed by atoms with E-state index in [4.69, 9.17) is 10.2 Å². The Balaban J connectivity index is 2.06. The van der Waals surface area contributed by atoms with Crippen LogP contribution in [0, 0.1) is 11.8 Å². The fourth-order valence-corrected chi connectivity index (χ4v) is 1.56. The lowest BCUT2D eigenvalue weighted by molar-refractivity contribution is 0.544. The first kappa shape index (κ1) is 6.92. The summed E-state index contributed by atoms with van der Waals surface area (Å²) in [4.78, 5) is 0. The molecule has 0 aromatic carbocycles. The molecule has 3 atom stereocenters. The van der Waals surface area contributed by atoms with Crippen molar-refractivity contribution in [2.75, 3.05) is 0 Å². The van der Waals surface area contributed by atoms with Crippen molar-refractivity contribution in [2.45, 2.75) is 19.4 Å². The van der Waals surface area contributed by atoms with Crippen LogP contribution in [0.25, 0.3) is 0 Å². The van der Waals surface area contributed by atoms with Gasteiger partial charge in [-0.05, 0) is 24.3 Å². The molecular weight excluding hydrogens is 138 g/mol. The second-order valence-electron chi connectivity index (χ2n) is 3.46. The molecule has 0 spiro atoms. The molecule has 2 heteroatoms. The average Bonchev–Trinajstić information content (AvgIpc) is 2.56. The fraction of sp³-hybridized carbons (Fsp3) is 0.556. The molecule has 0 aliphatic heterocycles. The zero-order valence-corrected chi connectivity index (χ0v) is 6.66. The van der Waals surface area contributed by atoms with Crippen LogP contribution in [0.5, 0.6) is 0 Å². The Hall–Kier alpha value is -0.760. The van der Waals surface area contributed by atoms with Gasteiger partial charge in [0.15, 0.2) is 0 Å². The molecule has 0 radical (unpaired) electrons. The molecule has 2 rings (SSSR count). The highest BCUT2D eigenvalue weighted by molar-refractivity contribution is 5.14. The van der Waals surface area contributed by atoms with E-state index in [0.717, 1.165) is 11.5 Å². The molecule has 1 aromatic heterocycles. The van der Waals surface area contributed by atoms with Crippen molar-refractivity contribution >= 4 is 0 Å². The summed E-state index contributed by atoms with van der Waals surface area (Å²) in [6, 6.07) is 2.15. The average molecular weight is 151 g/mol. The van der Waals surface area contributed by atoms with Crippen molar-refractivity contribution in [3.63, 3.8) is 0 Å². The molecule has 1 aliphatic carbocycles. The van der Waals surface area contributed by atoms with Crippen molar-refractivity contribution < 1.29 is 4.42 Å². The first-order valence-corrected chi connectivity index (χ1v) is 4.06. The summed E-state index contributed by atoms with van der Waals surface area (Å²) >= 11 is 0. The Morgan fingerprint density at radius 1 is 1.73 bits per heavy atom. The molecule has 60 valence electrons. The number of nitrogens with two attached hydrogens (primary N) is 1. The second kappa shape index (κ2) is 2.38. The lowest BCUT2D eigenvalue weighted by Crippen LogP contribution is -2.12. The molecule has 2 N–H and O–H groups in total. The molecule has 3 unspecified atom stereocenters. The van der Waals surface area contributed by atoms with Gasteiger partial charge in [-0.3, -0.25) is 0 Å². The molecule has 1 fully saturated rings. The predicted octanol–water partition coefficient (Wildman–Crippen LogP) is 1.94. The Morgan fingerprint density at radius 2 is 2.45 bits per heavy atom. The van der Waals surface area contributed by atoms with E-state index in [1.807, 2.05) is 6.07 Å². The van der Waals surface area contributed by atoms with E-state index in [0.29, 0.717) is 5.92 Å². The third-order valence-electron chi connectivity index (χ3n) is 2.56. The van der Waals surface area contributed by atoms with Crippen LogP contribution >= 0.6 is 0 Å².